The van der Waals surface area contributed by atoms with Crippen molar-refractivity contribution in [3.8, 4) is 0 Å². The van der Waals surface area contributed by atoms with E-state index in [0.717, 1.165) is 12.0 Å². The summed E-state index contributed by atoms with van der Waals surface area (Å²) in [4.78, 5) is 27.1. The first-order valence-electron chi connectivity index (χ1n) is 11.6. The Bertz CT molecular complexity index is 999. The number of nitrogens with zero attached hydrogens (tertiary/aromatic N) is 1. The van der Waals surface area contributed by atoms with Crippen LogP contribution in [0.15, 0.2) is 23.1 Å². The highest BCUT2D eigenvalue weighted by atomic mass is 32.2. The van der Waals surface area contributed by atoms with Crippen molar-refractivity contribution in [2.75, 3.05) is 25.0 Å². The summed E-state index contributed by atoms with van der Waals surface area (Å²) in [6.45, 7) is 6.82. The number of carbonyl (C=O) groups excluding carboxylic acids is 1. The third-order valence-electron chi connectivity index (χ3n) is 6.80. The van der Waals surface area contributed by atoms with E-state index in [1.54, 1.807) is 6.07 Å². The van der Waals surface area contributed by atoms with Gasteiger partial charge in [-0.1, -0.05) is 26.0 Å². The van der Waals surface area contributed by atoms with Crippen molar-refractivity contribution in [2.24, 2.45) is 17.6 Å². The molecule has 2 aliphatic heterocycles. The molecule has 3 rings (SSSR count). The number of carboxylic acids is 1. The van der Waals surface area contributed by atoms with E-state index in [1.807, 2.05) is 13.0 Å². The molecule has 0 spiro atoms. The Labute approximate surface area is 196 Å². The van der Waals surface area contributed by atoms with Crippen LogP contribution in [0.2, 0.25) is 0 Å². The Hall–Kier alpha value is -2.17. The number of anilines is 1. The molecule has 1 aromatic carbocycles. The van der Waals surface area contributed by atoms with E-state index in [-0.39, 0.29) is 23.8 Å². The molecule has 1 amide bonds. The Morgan fingerprint density at radius 1 is 1.33 bits per heavy atom. The average molecular weight is 481 g/mol. The zero-order chi connectivity index (χ0) is 24.4. The van der Waals surface area contributed by atoms with Crippen molar-refractivity contribution in [1.82, 2.24) is 9.62 Å². The van der Waals surface area contributed by atoms with E-state index >= 15 is 0 Å². The number of fused-ring (bicyclic) bond motifs is 1. The molecule has 1 saturated heterocycles. The monoisotopic (exact) mass is 480 g/mol. The lowest BCUT2D eigenvalue weighted by atomic mass is 9.81. The van der Waals surface area contributed by atoms with Crippen molar-refractivity contribution in [3.05, 3.63) is 23.8 Å². The minimum Gasteiger partial charge on any atom is -0.480 e. The van der Waals surface area contributed by atoms with Gasteiger partial charge >= 0.3 is 5.97 Å². The summed E-state index contributed by atoms with van der Waals surface area (Å²) in [7, 11) is -4.05. The summed E-state index contributed by atoms with van der Waals surface area (Å²) in [5, 5.41) is 13.1. The number of carboxylic acid groups (broad SMARTS) is 1. The highest BCUT2D eigenvalue weighted by Crippen LogP contribution is 2.34. The standard InChI is InChI=1S/C23H36N4O5S/c1-15-9-11-27(23(3,13-15)22(29)30)21(28)18(7-5-10-24)26-33(31,32)19-8-4-6-17-12-16(2)14-25-20(17)19/h4,6,8,15-16,18,25-26H,5,7,9-14,24H2,1-3H3,(H,29,30)/t15-,16?,18-,23-/m1/s1. The zero-order valence-corrected chi connectivity index (χ0v) is 20.5. The molecule has 2 aliphatic rings. The second-order valence-electron chi connectivity index (χ2n) is 9.75. The Morgan fingerprint density at radius 3 is 2.73 bits per heavy atom. The van der Waals surface area contributed by atoms with Crippen LogP contribution in [0.5, 0.6) is 0 Å². The van der Waals surface area contributed by atoms with Crippen LogP contribution in [0, 0.1) is 11.8 Å². The third kappa shape index (κ3) is 5.33. The fraction of sp³-hybridized carbons (Fsp3) is 0.652. The topological polar surface area (TPSA) is 142 Å². The summed E-state index contributed by atoms with van der Waals surface area (Å²) in [6.07, 6.45) is 2.37. The number of rotatable bonds is 8. The van der Waals surface area contributed by atoms with Gasteiger partial charge < -0.3 is 21.1 Å². The number of hydrogen-bond acceptors (Lipinski definition) is 6. The molecule has 5 N–H and O–H groups in total. The fourth-order valence-corrected chi connectivity index (χ4v) is 6.38. The zero-order valence-electron chi connectivity index (χ0n) is 19.6. The summed E-state index contributed by atoms with van der Waals surface area (Å²) in [6, 6.07) is 4.04. The number of nitrogens with one attached hydrogen (secondary N) is 2. The first kappa shape index (κ1) is 25.5. The van der Waals surface area contributed by atoms with Gasteiger partial charge in [0, 0.05) is 13.1 Å². The number of piperidine rings is 1. The number of benzene rings is 1. The van der Waals surface area contributed by atoms with Crippen LogP contribution in [-0.4, -0.2) is 61.5 Å². The Balaban J connectivity index is 1.92. The number of sulfonamides is 1. The number of carbonyl (C=O) groups is 2. The lowest BCUT2D eigenvalue weighted by molar-refractivity contribution is -0.163. The molecule has 0 radical (unpaired) electrons. The van der Waals surface area contributed by atoms with Crippen LogP contribution < -0.4 is 15.8 Å². The number of nitrogens with two attached hydrogens (primary N) is 1. The number of aliphatic carboxylic acids is 1. The molecule has 184 valence electrons. The van der Waals surface area contributed by atoms with Crippen molar-refractivity contribution >= 4 is 27.6 Å². The van der Waals surface area contributed by atoms with Crippen LogP contribution in [0.4, 0.5) is 5.69 Å². The van der Waals surface area contributed by atoms with Gasteiger partial charge in [-0.2, -0.15) is 4.72 Å². The SMILES string of the molecule is CC1CNc2c(cccc2S(=O)(=O)N[C@H](CCCN)C(=O)N2CC[C@@H](C)C[C@]2(C)C(=O)O)C1. The van der Waals surface area contributed by atoms with Gasteiger partial charge in [-0.3, -0.25) is 4.79 Å². The summed E-state index contributed by atoms with van der Waals surface area (Å²) >= 11 is 0. The Morgan fingerprint density at radius 2 is 2.06 bits per heavy atom. The summed E-state index contributed by atoms with van der Waals surface area (Å²) in [5.41, 5.74) is 5.75. The molecular weight excluding hydrogens is 444 g/mol. The van der Waals surface area contributed by atoms with Gasteiger partial charge in [0.15, 0.2) is 0 Å². The molecule has 0 aromatic heterocycles. The van der Waals surface area contributed by atoms with E-state index < -0.39 is 33.5 Å². The van der Waals surface area contributed by atoms with E-state index in [2.05, 4.69) is 17.0 Å². The normalized spacial score (nSPS) is 26.2. The van der Waals surface area contributed by atoms with Gasteiger partial charge in [0.2, 0.25) is 15.9 Å². The maximum Gasteiger partial charge on any atom is 0.329 e. The highest BCUT2D eigenvalue weighted by molar-refractivity contribution is 7.89. The smallest absolute Gasteiger partial charge is 0.329 e. The van der Waals surface area contributed by atoms with Gasteiger partial charge in [0.05, 0.1) is 5.69 Å². The molecule has 4 atom stereocenters. The van der Waals surface area contributed by atoms with Gasteiger partial charge in [-0.05, 0) is 69.0 Å². The second kappa shape index (κ2) is 9.99. The number of likely N-dealkylation sites (tertiary alicyclic amines) is 1. The van der Waals surface area contributed by atoms with Gasteiger partial charge in [0.25, 0.3) is 0 Å². The summed E-state index contributed by atoms with van der Waals surface area (Å²) in [5.74, 6) is -1.07. The van der Waals surface area contributed by atoms with E-state index in [4.69, 9.17) is 5.73 Å². The second-order valence-corrected chi connectivity index (χ2v) is 11.4. The molecule has 1 fully saturated rings. The molecule has 0 bridgehead atoms. The maximum absolute atomic E-state index is 13.6. The molecular formula is C23H36N4O5S. The van der Waals surface area contributed by atoms with E-state index in [9.17, 15) is 23.1 Å². The van der Waals surface area contributed by atoms with Gasteiger partial charge in [0.1, 0.15) is 16.5 Å². The fourth-order valence-electron chi connectivity index (χ4n) is 4.93. The average Bonchev–Trinajstić information content (AvgIpc) is 2.75. The van der Waals surface area contributed by atoms with Crippen LogP contribution in [0.25, 0.3) is 0 Å². The lowest BCUT2D eigenvalue weighted by Gasteiger charge is -2.45. The Kier molecular flexibility index (Phi) is 7.70. The largest absolute Gasteiger partial charge is 0.480 e. The first-order valence-corrected chi connectivity index (χ1v) is 13.1. The quantitative estimate of drug-likeness (QED) is 0.444. The molecule has 10 heteroatoms. The van der Waals surface area contributed by atoms with Crippen molar-refractivity contribution in [2.45, 2.75) is 69.4 Å². The molecule has 1 unspecified atom stereocenters. The maximum atomic E-state index is 13.6. The molecule has 1 aromatic rings. The van der Waals surface area contributed by atoms with Crippen LogP contribution in [0.3, 0.4) is 0 Å². The number of hydrogen-bond donors (Lipinski definition) is 4. The minimum absolute atomic E-state index is 0.103. The molecule has 0 saturated carbocycles. The van der Waals surface area contributed by atoms with Crippen molar-refractivity contribution in [3.63, 3.8) is 0 Å². The van der Waals surface area contributed by atoms with Crippen molar-refractivity contribution in [1.29, 1.82) is 0 Å². The molecule has 33 heavy (non-hydrogen) atoms. The molecule has 2 heterocycles. The van der Waals surface area contributed by atoms with Crippen molar-refractivity contribution < 1.29 is 23.1 Å². The highest BCUT2D eigenvalue weighted by Gasteiger charge is 2.47. The predicted octanol–water partition coefficient (Wildman–Crippen LogP) is 1.78. The molecule has 9 nitrogen and oxygen atoms in total. The van der Waals surface area contributed by atoms with Crippen LogP contribution in [-0.2, 0) is 26.0 Å². The number of para-hydroxylation sites is 1. The molecule has 0 aliphatic carbocycles. The van der Waals surface area contributed by atoms with E-state index in [1.165, 1.54) is 17.9 Å². The first-order chi connectivity index (χ1) is 15.5. The van der Waals surface area contributed by atoms with Crippen LogP contribution in [0.1, 0.15) is 52.0 Å². The minimum atomic E-state index is -4.05. The van der Waals surface area contributed by atoms with Gasteiger partial charge in [-0.25, -0.2) is 13.2 Å². The van der Waals surface area contributed by atoms with E-state index in [0.29, 0.717) is 44.0 Å². The number of amides is 1. The van der Waals surface area contributed by atoms with Crippen LogP contribution >= 0.6 is 0 Å². The van der Waals surface area contributed by atoms with Gasteiger partial charge in [-0.15, -0.1) is 0 Å². The summed E-state index contributed by atoms with van der Waals surface area (Å²) < 4.78 is 29.4. The predicted molar refractivity (Wildman–Crippen MR) is 126 cm³/mol. The lowest BCUT2D eigenvalue weighted by Crippen LogP contribution is -2.62. The third-order valence-corrected chi connectivity index (χ3v) is 8.32.